The lowest BCUT2D eigenvalue weighted by molar-refractivity contribution is -0.137. The third kappa shape index (κ3) is 8.06. The zero-order chi connectivity index (χ0) is 28.4. The lowest BCUT2D eigenvalue weighted by Gasteiger charge is -2.14. The van der Waals surface area contributed by atoms with Gasteiger partial charge < -0.3 is 20.1 Å². The summed E-state index contributed by atoms with van der Waals surface area (Å²) in [6.07, 6.45) is -2.69. The van der Waals surface area contributed by atoms with Crippen LogP contribution in [0.2, 0.25) is 0 Å². The Kier molecular flexibility index (Phi) is 9.63. The summed E-state index contributed by atoms with van der Waals surface area (Å²) >= 11 is 0. The van der Waals surface area contributed by atoms with E-state index in [1.54, 1.807) is 12.1 Å². The molecule has 0 aliphatic heterocycles. The second-order valence-electron chi connectivity index (χ2n) is 7.95. The number of hydrazone groups is 1. The summed E-state index contributed by atoms with van der Waals surface area (Å²) in [5.74, 6) is -2.32. The van der Waals surface area contributed by atoms with Gasteiger partial charge in [-0.15, -0.1) is 0 Å². The number of methoxy groups -OCH3 is 1. The SMILES string of the molecule is CCc1ccccc1NC(=O)C(=O)N/N=C\c1ccc(OCC(=O)Nc2ccccc2C(F)(F)F)c(OC)c1. The van der Waals surface area contributed by atoms with Gasteiger partial charge in [0.2, 0.25) is 0 Å². The highest BCUT2D eigenvalue weighted by atomic mass is 19.4. The Labute approximate surface area is 222 Å². The van der Waals surface area contributed by atoms with Crippen LogP contribution in [0, 0.1) is 0 Å². The molecule has 0 aliphatic rings. The average Bonchev–Trinajstić information content (AvgIpc) is 2.92. The van der Waals surface area contributed by atoms with Crippen molar-refractivity contribution in [2.45, 2.75) is 19.5 Å². The largest absolute Gasteiger partial charge is 0.493 e. The second-order valence-corrected chi connectivity index (χ2v) is 7.95. The Balaban J connectivity index is 1.56. The van der Waals surface area contributed by atoms with Crippen molar-refractivity contribution in [1.82, 2.24) is 5.43 Å². The molecule has 204 valence electrons. The van der Waals surface area contributed by atoms with Crippen LogP contribution >= 0.6 is 0 Å². The lowest BCUT2D eigenvalue weighted by atomic mass is 10.1. The minimum absolute atomic E-state index is 0.145. The Hall–Kier alpha value is -4.87. The summed E-state index contributed by atoms with van der Waals surface area (Å²) in [6.45, 7) is 1.34. The first kappa shape index (κ1) is 28.7. The molecule has 3 rings (SSSR count). The number of rotatable bonds is 9. The van der Waals surface area contributed by atoms with Gasteiger partial charge in [-0.05, 0) is 53.9 Å². The first-order valence-corrected chi connectivity index (χ1v) is 11.6. The first-order valence-electron chi connectivity index (χ1n) is 11.6. The molecule has 3 N–H and O–H groups in total. The third-order valence-corrected chi connectivity index (χ3v) is 5.29. The predicted octanol–water partition coefficient (Wildman–Crippen LogP) is 4.38. The highest BCUT2D eigenvalue weighted by Gasteiger charge is 2.33. The summed E-state index contributed by atoms with van der Waals surface area (Å²) in [7, 11) is 1.35. The third-order valence-electron chi connectivity index (χ3n) is 5.29. The number of para-hydroxylation sites is 2. The molecule has 0 radical (unpaired) electrons. The number of alkyl halides is 3. The number of carbonyl (C=O) groups is 3. The smallest absolute Gasteiger partial charge is 0.418 e. The molecule has 3 aromatic carbocycles. The molecule has 0 saturated carbocycles. The van der Waals surface area contributed by atoms with Crippen LogP contribution in [0.3, 0.4) is 0 Å². The van der Waals surface area contributed by atoms with Crippen LogP contribution in [-0.4, -0.2) is 37.7 Å². The molecular formula is C27H25F3N4O5. The van der Waals surface area contributed by atoms with E-state index in [2.05, 4.69) is 21.2 Å². The molecule has 0 aromatic heterocycles. The van der Waals surface area contributed by atoms with E-state index >= 15 is 0 Å². The Morgan fingerprint density at radius 3 is 2.28 bits per heavy atom. The van der Waals surface area contributed by atoms with Crippen LogP contribution in [0.15, 0.2) is 71.8 Å². The minimum Gasteiger partial charge on any atom is -0.493 e. The molecule has 0 bridgehead atoms. The van der Waals surface area contributed by atoms with Gasteiger partial charge in [0, 0.05) is 5.69 Å². The summed E-state index contributed by atoms with van der Waals surface area (Å²) in [4.78, 5) is 36.4. The zero-order valence-electron chi connectivity index (χ0n) is 21.0. The predicted molar refractivity (Wildman–Crippen MR) is 139 cm³/mol. The van der Waals surface area contributed by atoms with Crippen LogP contribution in [-0.2, 0) is 27.0 Å². The van der Waals surface area contributed by atoms with Crippen LogP contribution in [0.5, 0.6) is 11.5 Å². The van der Waals surface area contributed by atoms with Crippen molar-refractivity contribution in [1.29, 1.82) is 0 Å². The lowest BCUT2D eigenvalue weighted by Crippen LogP contribution is -2.32. The Morgan fingerprint density at radius 1 is 0.897 bits per heavy atom. The summed E-state index contributed by atoms with van der Waals surface area (Å²) in [6, 6.07) is 16.2. The zero-order valence-corrected chi connectivity index (χ0v) is 21.0. The Morgan fingerprint density at radius 2 is 1.59 bits per heavy atom. The molecule has 0 aliphatic carbocycles. The highest BCUT2D eigenvalue weighted by molar-refractivity contribution is 6.39. The fourth-order valence-electron chi connectivity index (χ4n) is 3.40. The van der Waals surface area contributed by atoms with Gasteiger partial charge in [-0.1, -0.05) is 37.3 Å². The van der Waals surface area contributed by atoms with Crippen LogP contribution in [0.4, 0.5) is 24.5 Å². The molecule has 39 heavy (non-hydrogen) atoms. The number of ether oxygens (including phenoxy) is 2. The van der Waals surface area contributed by atoms with E-state index in [9.17, 15) is 27.6 Å². The number of hydrogen-bond acceptors (Lipinski definition) is 6. The van der Waals surface area contributed by atoms with Gasteiger partial charge in [0.1, 0.15) is 0 Å². The number of aryl methyl sites for hydroxylation is 1. The molecular weight excluding hydrogens is 517 g/mol. The van der Waals surface area contributed by atoms with Crippen LogP contribution < -0.4 is 25.5 Å². The van der Waals surface area contributed by atoms with Gasteiger partial charge in [-0.25, -0.2) is 5.43 Å². The molecule has 0 unspecified atom stereocenters. The normalized spacial score (nSPS) is 11.1. The molecule has 0 spiro atoms. The molecule has 0 heterocycles. The van der Waals surface area contributed by atoms with E-state index in [1.165, 1.54) is 43.7 Å². The number of carbonyl (C=O) groups excluding carboxylic acids is 3. The second kappa shape index (κ2) is 13.1. The number of benzene rings is 3. The van der Waals surface area contributed by atoms with Crippen molar-refractivity contribution in [2.24, 2.45) is 5.10 Å². The number of amides is 3. The van der Waals surface area contributed by atoms with E-state index in [1.807, 2.05) is 19.1 Å². The molecule has 9 nitrogen and oxygen atoms in total. The molecule has 0 fully saturated rings. The number of nitrogens with one attached hydrogen (secondary N) is 3. The van der Waals surface area contributed by atoms with Gasteiger partial charge in [-0.3, -0.25) is 14.4 Å². The topological polar surface area (TPSA) is 118 Å². The van der Waals surface area contributed by atoms with Crippen molar-refractivity contribution >= 4 is 35.3 Å². The van der Waals surface area contributed by atoms with Gasteiger partial charge in [0.15, 0.2) is 18.1 Å². The van der Waals surface area contributed by atoms with Crippen LogP contribution in [0.25, 0.3) is 0 Å². The molecule has 3 amide bonds. The van der Waals surface area contributed by atoms with Crippen molar-refractivity contribution in [3.05, 3.63) is 83.4 Å². The number of hydrogen-bond donors (Lipinski definition) is 3. The van der Waals surface area contributed by atoms with Crippen molar-refractivity contribution in [3.63, 3.8) is 0 Å². The fourth-order valence-corrected chi connectivity index (χ4v) is 3.40. The quantitative estimate of drug-likeness (QED) is 0.211. The summed E-state index contributed by atoms with van der Waals surface area (Å²) < 4.78 is 50.0. The maximum Gasteiger partial charge on any atom is 0.418 e. The van der Waals surface area contributed by atoms with Crippen LogP contribution in [0.1, 0.15) is 23.6 Å². The standard InChI is InChI=1S/C27H25F3N4O5/c1-3-18-8-4-6-10-20(18)33-25(36)26(37)34-31-15-17-12-13-22(23(14-17)38-2)39-16-24(35)32-21-11-7-5-9-19(21)27(28,29)30/h4-15H,3,16H2,1-2H3,(H,32,35)(H,33,36)(H,34,37)/b31-15-. The number of halogens is 3. The number of nitrogens with zero attached hydrogens (tertiary/aromatic N) is 1. The fraction of sp³-hybridized carbons (Fsp3) is 0.185. The van der Waals surface area contributed by atoms with Gasteiger partial charge in [-0.2, -0.15) is 18.3 Å². The van der Waals surface area contributed by atoms with Crippen molar-refractivity contribution < 1.29 is 37.0 Å². The van der Waals surface area contributed by atoms with Gasteiger partial charge in [0.25, 0.3) is 5.91 Å². The molecule has 0 saturated heterocycles. The summed E-state index contributed by atoms with van der Waals surface area (Å²) in [5.41, 5.74) is 2.63. The van der Waals surface area contributed by atoms with Crippen molar-refractivity contribution in [2.75, 3.05) is 24.4 Å². The molecule has 12 heteroatoms. The average molecular weight is 543 g/mol. The van der Waals surface area contributed by atoms with Gasteiger partial charge in [0.05, 0.1) is 24.6 Å². The van der Waals surface area contributed by atoms with E-state index in [-0.39, 0.29) is 17.2 Å². The maximum atomic E-state index is 13.1. The van der Waals surface area contributed by atoms with E-state index < -0.39 is 36.1 Å². The van der Waals surface area contributed by atoms with Crippen molar-refractivity contribution in [3.8, 4) is 11.5 Å². The molecule has 3 aromatic rings. The van der Waals surface area contributed by atoms with E-state index in [0.717, 1.165) is 17.7 Å². The summed E-state index contributed by atoms with van der Waals surface area (Å²) in [5, 5.41) is 8.48. The highest BCUT2D eigenvalue weighted by Crippen LogP contribution is 2.34. The maximum absolute atomic E-state index is 13.1. The minimum atomic E-state index is -4.63. The first-order chi connectivity index (χ1) is 18.6. The van der Waals surface area contributed by atoms with E-state index in [0.29, 0.717) is 17.7 Å². The van der Waals surface area contributed by atoms with Gasteiger partial charge >= 0.3 is 18.0 Å². The van der Waals surface area contributed by atoms with E-state index in [4.69, 9.17) is 9.47 Å². The Bertz CT molecular complexity index is 1380. The monoisotopic (exact) mass is 542 g/mol. The number of anilines is 2. The molecule has 0 atom stereocenters.